The SMILES string of the molecule is CC(CC1CCC1)N[C@H](C)c1ccccc1Cl. The molecule has 1 N–H and O–H groups in total. The lowest BCUT2D eigenvalue weighted by Crippen LogP contribution is -2.32. The van der Waals surface area contributed by atoms with E-state index >= 15 is 0 Å². The summed E-state index contributed by atoms with van der Waals surface area (Å²) in [5.74, 6) is 0.955. The average molecular weight is 252 g/mol. The van der Waals surface area contributed by atoms with Crippen molar-refractivity contribution >= 4 is 11.6 Å². The van der Waals surface area contributed by atoms with Crippen molar-refractivity contribution in [1.29, 1.82) is 0 Å². The van der Waals surface area contributed by atoms with Crippen molar-refractivity contribution in [1.82, 2.24) is 5.32 Å². The standard InChI is InChI=1S/C15H22ClN/c1-11(10-13-6-5-7-13)17-12(2)14-8-3-4-9-15(14)16/h3-4,8-9,11-13,17H,5-7,10H2,1-2H3/t11?,12-/m1/s1. The molecule has 1 aliphatic rings. The van der Waals surface area contributed by atoms with Crippen LogP contribution in [-0.4, -0.2) is 6.04 Å². The van der Waals surface area contributed by atoms with Gasteiger partial charge in [0.1, 0.15) is 0 Å². The fraction of sp³-hybridized carbons (Fsp3) is 0.600. The summed E-state index contributed by atoms with van der Waals surface area (Å²) in [7, 11) is 0. The number of rotatable bonds is 5. The lowest BCUT2D eigenvalue weighted by Gasteiger charge is -2.30. The zero-order valence-electron chi connectivity index (χ0n) is 10.7. The summed E-state index contributed by atoms with van der Waals surface area (Å²) in [6, 6.07) is 9.01. The van der Waals surface area contributed by atoms with Crippen molar-refractivity contribution in [2.75, 3.05) is 0 Å². The van der Waals surface area contributed by atoms with Crippen LogP contribution < -0.4 is 5.32 Å². The second kappa shape index (κ2) is 5.88. The second-order valence-corrected chi connectivity index (χ2v) is 5.75. The van der Waals surface area contributed by atoms with E-state index in [1.165, 1.54) is 31.2 Å². The van der Waals surface area contributed by atoms with Crippen LogP contribution in [0.3, 0.4) is 0 Å². The molecule has 1 aliphatic carbocycles. The van der Waals surface area contributed by atoms with Gasteiger partial charge in [-0.15, -0.1) is 0 Å². The molecule has 94 valence electrons. The van der Waals surface area contributed by atoms with E-state index in [9.17, 15) is 0 Å². The first-order chi connectivity index (χ1) is 8.16. The summed E-state index contributed by atoms with van der Waals surface area (Å²) in [5, 5.41) is 4.52. The highest BCUT2D eigenvalue weighted by Crippen LogP contribution is 2.31. The van der Waals surface area contributed by atoms with Crippen molar-refractivity contribution in [3.8, 4) is 0 Å². The molecular weight excluding hydrogens is 230 g/mol. The molecule has 1 fully saturated rings. The van der Waals surface area contributed by atoms with Gasteiger partial charge in [0.2, 0.25) is 0 Å². The van der Waals surface area contributed by atoms with Crippen molar-refractivity contribution in [3.63, 3.8) is 0 Å². The Bertz CT molecular complexity index is 360. The van der Waals surface area contributed by atoms with Crippen LogP contribution >= 0.6 is 11.6 Å². The maximum atomic E-state index is 6.21. The zero-order chi connectivity index (χ0) is 12.3. The summed E-state index contributed by atoms with van der Waals surface area (Å²) in [6.45, 7) is 4.48. The molecular formula is C15H22ClN. The smallest absolute Gasteiger partial charge is 0.0453 e. The molecule has 2 heteroatoms. The minimum absolute atomic E-state index is 0.332. The van der Waals surface area contributed by atoms with Gasteiger partial charge in [-0.05, 0) is 37.8 Å². The Hall–Kier alpha value is -0.530. The number of benzene rings is 1. The van der Waals surface area contributed by atoms with E-state index in [0.29, 0.717) is 12.1 Å². The second-order valence-electron chi connectivity index (χ2n) is 5.34. The maximum absolute atomic E-state index is 6.21. The molecule has 1 aromatic rings. The van der Waals surface area contributed by atoms with E-state index in [1.807, 2.05) is 12.1 Å². The Kier molecular flexibility index (Phi) is 4.47. The molecule has 17 heavy (non-hydrogen) atoms. The van der Waals surface area contributed by atoms with Gasteiger partial charge in [-0.1, -0.05) is 49.1 Å². The largest absolute Gasteiger partial charge is 0.308 e. The highest BCUT2D eigenvalue weighted by Gasteiger charge is 2.21. The van der Waals surface area contributed by atoms with Gasteiger partial charge >= 0.3 is 0 Å². The molecule has 0 radical (unpaired) electrons. The topological polar surface area (TPSA) is 12.0 Å². The average Bonchev–Trinajstić information content (AvgIpc) is 2.24. The van der Waals surface area contributed by atoms with Gasteiger partial charge in [-0.3, -0.25) is 0 Å². The van der Waals surface area contributed by atoms with Crippen LogP contribution in [0.15, 0.2) is 24.3 Å². The highest BCUT2D eigenvalue weighted by molar-refractivity contribution is 6.31. The van der Waals surface area contributed by atoms with Crippen molar-refractivity contribution in [2.45, 2.75) is 51.6 Å². The van der Waals surface area contributed by atoms with E-state index in [-0.39, 0.29) is 0 Å². The highest BCUT2D eigenvalue weighted by atomic mass is 35.5. The normalized spacial score (nSPS) is 19.7. The molecule has 0 aromatic heterocycles. The number of hydrogen-bond acceptors (Lipinski definition) is 1. The Morgan fingerprint density at radius 3 is 2.59 bits per heavy atom. The minimum atomic E-state index is 0.332. The Labute approximate surface area is 110 Å². The van der Waals surface area contributed by atoms with Crippen LogP contribution in [0.2, 0.25) is 5.02 Å². The predicted octanol–water partition coefficient (Wildman–Crippen LogP) is 4.57. The van der Waals surface area contributed by atoms with Crippen molar-refractivity contribution in [2.24, 2.45) is 5.92 Å². The third-order valence-corrected chi connectivity index (χ3v) is 4.16. The van der Waals surface area contributed by atoms with Gasteiger partial charge in [0.05, 0.1) is 0 Å². The van der Waals surface area contributed by atoms with Gasteiger partial charge in [0.25, 0.3) is 0 Å². The van der Waals surface area contributed by atoms with E-state index in [0.717, 1.165) is 10.9 Å². The van der Waals surface area contributed by atoms with Gasteiger partial charge in [0.15, 0.2) is 0 Å². The van der Waals surface area contributed by atoms with Crippen LogP contribution in [0.5, 0.6) is 0 Å². The lowest BCUT2D eigenvalue weighted by molar-refractivity contribution is 0.259. The first-order valence-corrected chi connectivity index (χ1v) is 7.05. The summed E-state index contributed by atoms with van der Waals surface area (Å²) in [6.07, 6.45) is 5.57. The van der Waals surface area contributed by atoms with Crippen LogP contribution in [0.4, 0.5) is 0 Å². The van der Waals surface area contributed by atoms with E-state index < -0.39 is 0 Å². The zero-order valence-corrected chi connectivity index (χ0v) is 11.5. The Balaban J connectivity index is 1.87. The fourth-order valence-corrected chi connectivity index (χ4v) is 2.94. The van der Waals surface area contributed by atoms with Gasteiger partial charge in [-0.25, -0.2) is 0 Å². The van der Waals surface area contributed by atoms with Crippen molar-refractivity contribution in [3.05, 3.63) is 34.9 Å². The minimum Gasteiger partial charge on any atom is -0.308 e. The van der Waals surface area contributed by atoms with Crippen LogP contribution in [0.25, 0.3) is 0 Å². The third kappa shape index (κ3) is 3.46. The molecule has 0 spiro atoms. The maximum Gasteiger partial charge on any atom is 0.0453 e. The van der Waals surface area contributed by atoms with Gasteiger partial charge < -0.3 is 5.32 Å². The molecule has 0 bridgehead atoms. The van der Waals surface area contributed by atoms with Crippen LogP contribution in [0, 0.1) is 5.92 Å². The summed E-state index contributed by atoms with van der Waals surface area (Å²) >= 11 is 6.21. The Morgan fingerprint density at radius 1 is 1.29 bits per heavy atom. The van der Waals surface area contributed by atoms with E-state index in [4.69, 9.17) is 11.6 Å². The first kappa shape index (κ1) is 12.9. The summed E-state index contributed by atoms with van der Waals surface area (Å²) in [4.78, 5) is 0. The first-order valence-electron chi connectivity index (χ1n) is 6.67. The molecule has 0 saturated heterocycles. The molecule has 1 unspecified atom stereocenters. The number of nitrogens with one attached hydrogen (secondary N) is 1. The molecule has 1 nitrogen and oxygen atoms in total. The number of halogens is 1. The molecule has 1 saturated carbocycles. The molecule has 2 rings (SSSR count). The van der Waals surface area contributed by atoms with Crippen molar-refractivity contribution < 1.29 is 0 Å². The van der Waals surface area contributed by atoms with E-state index in [1.54, 1.807) is 0 Å². The molecule has 0 amide bonds. The third-order valence-electron chi connectivity index (χ3n) is 3.82. The van der Waals surface area contributed by atoms with Crippen LogP contribution in [-0.2, 0) is 0 Å². The molecule has 1 aromatic carbocycles. The fourth-order valence-electron chi connectivity index (χ4n) is 2.64. The predicted molar refractivity (Wildman–Crippen MR) is 74.4 cm³/mol. The molecule has 0 heterocycles. The molecule has 0 aliphatic heterocycles. The summed E-state index contributed by atoms with van der Waals surface area (Å²) < 4.78 is 0. The Morgan fingerprint density at radius 2 is 2.00 bits per heavy atom. The monoisotopic (exact) mass is 251 g/mol. The molecule has 2 atom stereocenters. The van der Waals surface area contributed by atoms with Gasteiger partial charge in [0, 0.05) is 17.1 Å². The van der Waals surface area contributed by atoms with Crippen LogP contribution in [0.1, 0.15) is 51.1 Å². The quantitative estimate of drug-likeness (QED) is 0.808. The van der Waals surface area contributed by atoms with Gasteiger partial charge in [-0.2, -0.15) is 0 Å². The number of hydrogen-bond donors (Lipinski definition) is 1. The van der Waals surface area contributed by atoms with E-state index in [2.05, 4.69) is 31.3 Å². The lowest BCUT2D eigenvalue weighted by atomic mass is 9.81. The summed E-state index contributed by atoms with van der Waals surface area (Å²) in [5.41, 5.74) is 1.20.